The van der Waals surface area contributed by atoms with E-state index >= 15 is 0 Å². The normalized spacial score (nSPS) is 21.7. The van der Waals surface area contributed by atoms with Crippen LogP contribution in [0.15, 0.2) is 18.2 Å². The van der Waals surface area contributed by atoms with E-state index in [0.29, 0.717) is 24.7 Å². The highest BCUT2D eigenvalue weighted by Crippen LogP contribution is 2.19. The van der Waals surface area contributed by atoms with E-state index < -0.39 is 5.82 Å². The fraction of sp³-hybridized carbons (Fsp3) is 0.533. The standard InChI is InChI=1S/C15H22FN3O2/c1-10-14(6-8-21-10)19(2)7-5-15(20)18-13-9-11(17)3-4-12(13)16/h3-4,9-10,14H,5-8,17H2,1-2H3,(H,18,20). The van der Waals surface area contributed by atoms with Crippen molar-refractivity contribution in [3.8, 4) is 0 Å². The predicted molar refractivity (Wildman–Crippen MR) is 80.5 cm³/mol. The lowest BCUT2D eigenvalue weighted by Gasteiger charge is -2.26. The van der Waals surface area contributed by atoms with Crippen molar-refractivity contribution in [2.45, 2.75) is 31.9 Å². The van der Waals surface area contributed by atoms with Crippen LogP contribution in [0, 0.1) is 5.82 Å². The number of ether oxygens (including phenoxy) is 1. The molecule has 0 saturated carbocycles. The van der Waals surface area contributed by atoms with E-state index in [4.69, 9.17) is 10.5 Å². The summed E-state index contributed by atoms with van der Waals surface area (Å²) in [5, 5.41) is 2.56. The molecule has 21 heavy (non-hydrogen) atoms. The van der Waals surface area contributed by atoms with Gasteiger partial charge in [-0.25, -0.2) is 4.39 Å². The van der Waals surface area contributed by atoms with Crippen molar-refractivity contribution in [2.75, 3.05) is 31.2 Å². The number of amides is 1. The average Bonchev–Trinajstić information content (AvgIpc) is 2.86. The van der Waals surface area contributed by atoms with Crippen molar-refractivity contribution in [2.24, 2.45) is 0 Å². The van der Waals surface area contributed by atoms with Crippen LogP contribution in [-0.2, 0) is 9.53 Å². The SMILES string of the molecule is CC1OCCC1N(C)CCC(=O)Nc1cc(N)ccc1F. The smallest absolute Gasteiger partial charge is 0.225 e. The maximum atomic E-state index is 13.5. The van der Waals surface area contributed by atoms with Crippen LogP contribution in [0.4, 0.5) is 15.8 Å². The number of carbonyl (C=O) groups is 1. The number of halogens is 1. The number of nitrogens with two attached hydrogens (primary N) is 1. The lowest BCUT2D eigenvalue weighted by atomic mass is 10.1. The molecular weight excluding hydrogens is 273 g/mol. The van der Waals surface area contributed by atoms with Crippen LogP contribution in [0.2, 0.25) is 0 Å². The predicted octanol–water partition coefficient (Wildman–Crippen LogP) is 1.85. The summed E-state index contributed by atoms with van der Waals surface area (Å²) in [7, 11) is 1.98. The van der Waals surface area contributed by atoms with Gasteiger partial charge in [0.25, 0.3) is 0 Å². The molecule has 6 heteroatoms. The molecule has 5 nitrogen and oxygen atoms in total. The van der Waals surface area contributed by atoms with Crippen LogP contribution in [0.5, 0.6) is 0 Å². The molecule has 0 aromatic heterocycles. The molecule has 1 aliphatic rings. The van der Waals surface area contributed by atoms with E-state index in [2.05, 4.69) is 10.2 Å². The molecule has 116 valence electrons. The van der Waals surface area contributed by atoms with Gasteiger partial charge >= 0.3 is 0 Å². The molecule has 2 unspecified atom stereocenters. The lowest BCUT2D eigenvalue weighted by molar-refractivity contribution is -0.116. The van der Waals surface area contributed by atoms with Gasteiger partial charge in [-0.3, -0.25) is 4.79 Å². The molecule has 2 atom stereocenters. The second-order valence-corrected chi connectivity index (χ2v) is 5.45. The maximum absolute atomic E-state index is 13.5. The average molecular weight is 295 g/mol. The Balaban J connectivity index is 1.83. The van der Waals surface area contributed by atoms with Crippen LogP contribution in [0.3, 0.4) is 0 Å². The first-order valence-electron chi connectivity index (χ1n) is 7.14. The van der Waals surface area contributed by atoms with E-state index in [1.54, 1.807) is 0 Å². The minimum Gasteiger partial charge on any atom is -0.399 e. The molecule has 1 aromatic carbocycles. The van der Waals surface area contributed by atoms with Gasteiger partial charge < -0.3 is 20.7 Å². The van der Waals surface area contributed by atoms with Crippen LogP contribution in [0.1, 0.15) is 19.8 Å². The van der Waals surface area contributed by atoms with Crippen LogP contribution >= 0.6 is 0 Å². The zero-order valence-electron chi connectivity index (χ0n) is 12.4. The Morgan fingerprint density at radius 2 is 2.33 bits per heavy atom. The quantitative estimate of drug-likeness (QED) is 0.814. The summed E-state index contributed by atoms with van der Waals surface area (Å²) < 4.78 is 19.0. The highest BCUT2D eigenvalue weighted by atomic mass is 19.1. The first-order valence-corrected chi connectivity index (χ1v) is 7.14. The molecule has 1 fully saturated rings. The van der Waals surface area contributed by atoms with Gasteiger partial charge in [-0.1, -0.05) is 0 Å². The first-order chi connectivity index (χ1) is 9.97. The van der Waals surface area contributed by atoms with Crippen molar-refractivity contribution >= 4 is 17.3 Å². The molecule has 0 bridgehead atoms. The molecule has 1 saturated heterocycles. The van der Waals surface area contributed by atoms with Crippen molar-refractivity contribution < 1.29 is 13.9 Å². The Labute approximate surface area is 124 Å². The molecule has 3 N–H and O–H groups in total. The number of nitrogens with zero attached hydrogens (tertiary/aromatic N) is 1. The third-order valence-electron chi connectivity index (χ3n) is 3.86. The number of likely N-dealkylation sites (N-methyl/N-ethyl adjacent to an activating group) is 1. The maximum Gasteiger partial charge on any atom is 0.225 e. The van der Waals surface area contributed by atoms with Gasteiger partial charge in [0.05, 0.1) is 11.8 Å². The number of nitrogens with one attached hydrogen (secondary N) is 1. The highest BCUT2D eigenvalue weighted by Gasteiger charge is 2.27. The summed E-state index contributed by atoms with van der Waals surface area (Å²) in [5.41, 5.74) is 6.13. The topological polar surface area (TPSA) is 67.6 Å². The number of rotatable bonds is 5. The minimum absolute atomic E-state index is 0.125. The zero-order chi connectivity index (χ0) is 15.4. The Kier molecular flexibility index (Phi) is 5.14. The van der Waals surface area contributed by atoms with E-state index in [1.165, 1.54) is 18.2 Å². The number of carbonyl (C=O) groups excluding carboxylic acids is 1. The van der Waals surface area contributed by atoms with E-state index in [-0.39, 0.29) is 17.7 Å². The second kappa shape index (κ2) is 6.87. The number of nitrogen functional groups attached to an aromatic ring is 1. The van der Waals surface area contributed by atoms with Crippen molar-refractivity contribution in [3.63, 3.8) is 0 Å². The van der Waals surface area contributed by atoms with Crippen LogP contribution < -0.4 is 11.1 Å². The molecule has 1 heterocycles. The minimum atomic E-state index is -0.483. The molecule has 0 spiro atoms. The number of anilines is 2. The fourth-order valence-electron chi connectivity index (χ4n) is 2.59. The Hall–Kier alpha value is -1.66. The first kappa shape index (κ1) is 15.7. The van der Waals surface area contributed by atoms with E-state index in [9.17, 15) is 9.18 Å². The largest absolute Gasteiger partial charge is 0.399 e. The third-order valence-corrected chi connectivity index (χ3v) is 3.86. The van der Waals surface area contributed by atoms with Gasteiger partial charge in [0.1, 0.15) is 5.82 Å². The zero-order valence-corrected chi connectivity index (χ0v) is 12.4. The number of hydrogen-bond acceptors (Lipinski definition) is 4. The molecule has 1 amide bonds. The summed E-state index contributed by atoms with van der Waals surface area (Å²) in [6.07, 6.45) is 1.46. The van der Waals surface area contributed by atoms with Gasteiger partial charge in [0, 0.05) is 31.3 Å². The van der Waals surface area contributed by atoms with Crippen LogP contribution in [0.25, 0.3) is 0 Å². The summed E-state index contributed by atoms with van der Waals surface area (Å²) in [6, 6.07) is 4.46. The summed E-state index contributed by atoms with van der Waals surface area (Å²) >= 11 is 0. The highest BCUT2D eigenvalue weighted by molar-refractivity contribution is 5.91. The Morgan fingerprint density at radius 1 is 1.57 bits per heavy atom. The molecule has 1 aliphatic heterocycles. The summed E-state index contributed by atoms with van der Waals surface area (Å²) in [6.45, 7) is 3.40. The van der Waals surface area contributed by atoms with Crippen LogP contribution in [-0.4, -0.2) is 43.2 Å². The number of benzene rings is 1. The Morgan fingerprint density at radius 3 is 3.00 bits per heavy atom. The van der Waals surface area contributed by atoms with Gasteiger partial charge in [-0.05, 0) is 38.6 Å². The van der Waals surface area contributed by atoms with E-state index in [0.717, 1.165) is 13.0 Å². The molecular formula is C15H22FN3O2. The summed E-state index contributed by atoms with van der Waals surface area (Å²) in [5.74, 6) is -0.707. The van der Waals surface area contributed by atoms with Gasteiger partial charge in [0.2, 0.25) is 5.91 Å². The monoisotopic (exact) mass is 295 g/mol. The molecule has 0 aliphatic carbocycles. The van der Waals surface area contributed by atoms with Gasteiger partial charge in [0.15, 0.2) is 0 Å². The Bertz CT molecular complexity index is 510. The molecule has 0 radical (unpaired) electrons. The van der Waals surface area contributed by atoms with Gasteiger partial charge in [-0.15, -0.1) is 0 Å². The fourth-order valence-corrected chi connectivity index (χ4v) is 2.59. The third kappa shape index (κ3) is 4.15. The second-order valence-electron chi connectivity index (χ2n) is 5.45. The van der Waals surface area contributed by atoms with Gasteiger partial charge in [-0.2, -0.15) is 0 Å². The number of hydrogen-bond donors (Lipinski definition) is 2. The van der Waals surface area contributed by atoms with E-state index in [1.807, 2.05) is 14.0 Å². The van der Waals surface area contributed by atoms with Crippen molar-refractivity contribution in [1.29, 1.82) is 0 Å². The lowest BCUT2D eigenvalue weighted by Crippen LogP contribution is -2.38. The molecule has 1 aromatic rings. The summed E-state index contributed by atoms with van der Waals surface area (Å²) in [4.78, 5) is 14.0. The molecule has 2 rings (SSSR count). The van der Waals surface area contributed by atoms with Crippen molar-refractivity contribution in [3.05, 3.63) is 24.0 Å². The van der Waals surface area contributed by atoms with Crippen molar-refractivity contribution in [1.82, 2.24) is 4.90 Å².